The van der Waals surface area contributed by atoms with Gasteiger partial charge in [-0.3, -0.25) is 9.59 Å². The smallest absolute Gasteiger partial charge is 0.221 e. The van der Waals surface area contributed by atoms with Crippen LogP contribution < -0.4 is 15.1 Å². The zero-order chi connectivity index (χ0) is 18.5. The highest BCUT2D eigenvalue weighted by Crippen LogP contribution is 2.16. The normalized spacial score (nSPS) is 14.9. The lowest BCUT2D eigenvalue weighted by atomic mass is 10.1. The lowest BCUT2D eigenvalue weighted by Crippen LogP contribution is -3.13. The van der Waals surface area contributed by atoms with Crippen LogP contribution in [-0.2, 0) is 11.3 Å². The standard InChI is InChI=1S/C21H25N3O2/c1-16(25)19-5-9-21(10-6-19)24-13-11-23(12-14-24)15-18-3-7-20(8-4-18)22-17(2)26/h3-10H,11-15H2,1-2H3,(H,22,26)/p+1. The maximum absolute atomic E-state index is 11.4. The molecule has 0 unspecified atom stereocenters. The van der Waals surface area contributed by atoms with Gasteiger partial charge in [-0.05, 0) is 43.3 Å². The lowest BCUT2D eigenvalue weighted by molar-refractivity contribution is -0.914. The van der Waals surface area contributed by atoms with Crippen LogP contribution in [0.15, 0.2) is 48.5 Å². The molecule has 2 N–H and O–H groups in total. The second-order valence-corrected chi connectivity index (χ2v) is 6.89. The second-order valence-electron chi connectivity index (χ2n) is 6.89. The van der Waals surface area contributed by atoms with Gasteiger partial charge in [-0.15, -0.1) is 0 Å². The van der Waals surface area contributed by atoms with Crippen molar-refractivity contribution in [2.24, 2.45) is 0 Å². The van der Waals surface area contributed by atoms with E-state index in [2.05, 4.69) is 22.3 Å². The quantitative estimate of drug-likeness (QED) is 0.806. The maximum Gasteiger partial charge on any atom is 0.221 e. The fourth-order valence-corrected chi connectivity index (χ4v) is 3.36. The number of rotatable bonds is 5. The zero-order valence-corrected chi connectivity index (χ0v) is 15.4. The Balaban J connectivity index is 1.52. The summed E-state index contributed by atoms with van der Waals surface area (Å²) in [7, 11) is 0. The maximum atomic E-state index is 11.4. The van der Waals surface area contributed by atoms with Crippen LogP contribution >= 0.6 is 0 Å². The molecule has 26 heavy (non-hydrogen) atoms. The number of carbonyl (C=O) groups excluding carboxylic acids is 2. The molecule has 0 aromatic heterocycles. The first-order chi connectivity index (χ1) is 12.5. The summed E-state index contributed by atoms with van der Waals surface area (Å²) in [4.78, 5) is 26.4. The van der Waals surface area contributed by atoms with Crippen LogP contribution in [0.4, 0.5) is 11.4 Å². The number of carbonyl (C=O) groups is 2. The molecule has 1 aliphatic heterocycles. The Hall–Kier alpha value is -2.66. The molecule has 0 spiro atoms. The van der Waals surface area contributed by atoms with Gasteiger partial charge in [-0.1, -0.05) is 12.1 Å². The first-order valence-corrected chi connectivity index (χ1v) is 9.07. The molecule has 0 atom stereocenters. The molecule has 3 rings (SSSR count). The highest BCUT2D eigenvalue weighted by molar-refractivity contribution is 5.94. The highest BCUT2D eigenvalue weighted by Gasteiger charge is 2.20. The summed E-state index contributed by atoms with van der Waals surface area (Å²) < 4.78 is 0. The number of anilines is 2. The van der Waals surface area contributed by atoms with Gasteiger partial charge in [0.15, 0.2) is 5.78 Å². The van der Waals surface area contributed by atoms with Gasteiger partial charge < -0.3 is 15.1 Å². The third-order valence-electron chi connectivity index (χ3n) is 4.84. The van der Waals surface area contributed by atoms with E-state index in [1.165, 1.54) is 18.2 Å². The minimum absolute atomic E-state index is 0.0455. The minimum Gasteiger partial charge on any atom is -0.360 e. The van der Waals surface area contributed by atoms with Crippen molar-refractivity contribution in [3.8, 4) is 0 Å². The van der Waals surface area contributed by atoms with E-state index in [-0.39, 0.29) is 11.7 Å². The van der Waals surface area contributed by atoms with Gasteiger partial charge in [-0.2, -0.15) is 0 Å². The molecule has 1 aliphatic rings. The van der Waals surface area contributed by atoms with Gasteiger partial charge in [0.2, 0.25) is 5.91 Å². The van der Waals surface area contributed by atoms with Crippen molar-refractivity contribution in [3.63, 3.8) is 0 Å². The van der Waals surface area contributed by atoms with E-state index >= 15 is 0 Å². The van der Waals surface area contributed by atoms with Crippen molar-refractivity contribution >= 4 is 23.1 Å². The van der Waals surface area contributed by atoms with Gasteiger partial charge in [0.25, 0.3) is 0 Å². The molecule has 1 amide bonds. The number of ketones is 1. The Morgan fingerprint density at radius 1 is 0.962 bits per heavy atom. The fourth-order valence-electron chi connectivity index (χ4n) is 3.36. The van der Waals surface area contributed by atoms with E-state index < -0.39 is 0 Å². The van der Waals surface area contributed by atoms with Crippen LogP contribution in [0.1, 0.15) is 29.8 Å². The Morgan fingerprint density at radius 2 is 1.58 bits per heavy atom. The first kappa shape index (κ1) is 18.1. The van der Waals surface area contributed by atoms with Crippen molar-refractivity contribution < 1.29 is 14.5 Å². The summed E-state index contributed by atoms with van der Waals surface area (Å²) in [5.74, 6) is 0.0613. The molecular weight excluding hydrogens is 326 g/mol. The summed E-state index contributed by atoms with van der Waals surface area (Å²) in [5, 5.41) is 2.80. The number of nitrogens with zero attached hydrogens (tertiary/aromatic N) is 1. The average Bonchev–Trinajstić information content (AvgIpc) is 2.64. The van der Waals surface area contributed by atoms with Crippen molar-refractivity contribution in [2.45, 2.75) is 20.4 Å². The van der Waals surface area contributed by atoms with Crippen LogP contribution in [0, 0.1) is 0 Å². The minimum atomic E-state index is -0.0455. The third kappa shape index (κ3) is 4.70. The number of hydrogen-bond donors (Lipinski definition) is 2. The topological polar surface area (TPSA) is 53.9 Å². The molecule has 136 valence electrons. The second kappa shape index (κ2) is 8.15. The van der Waals surface area contributed by atoms with Gasteiger partial charge in [0.1, 0.15) is 6.54 Å². The fraction of sp³-hybridized carbons (Fsp3) is 0.333. The summed E-state index contributed by atoms with van der Waals surface area (Å²) in [6.07, 6.45) is 0. The van der Waals surface area contributed by atoms with E-state index in [1.807, 2.05) is 36.4 Å². The molecule has 0 radical (unpaired) electrons. The van der Waals surface area contributed by atoms with Crippen LogP contribution in [0.2, 0.25) is 0 Å². The van der Waals surface area contributed by atoms with E-state index in [4.69, 9.17) is 0 Å². The zero-order valence-electron chi connectivity index (χ0n) is 15.4. The van der Waals surface area contributed by atoms with Crippen LogP contribution in [0.5, 0.6) is 0 Å². The van der Waals surface area contributed by atoms with E-state index in [0.29, 0.717) is 0 Å². The number of hydrogen-bond acceptors (Lipinski definition) is 3. The van der Waals surface area contributed by atoms with Crippen molar-refractivity contribution in [1.82, 2.24) is 0 Å². The van der Waals surface area contributed by atoms with Crippen LogP contribution in [0.25, 0.3) is 0 Å². The van der Waals surface area contributed by atoms with Gasteiger partial charge in [0, 0.05) is 29.4 Å². The Morgan fingerprint density at radius 3 is 2.12 bits per heavy atom. The molecule has 1 fully saturated rings. The largest absolute Gasteiger partial charge is 0.360 e. The number of amides is 1. The average molecular weight is 352 g/mol. The molecular formula is C21H26N3O2+. The molecule has 0 saturated carbocycles. The molecule has 0 bridgehead atoms. The summed E-state index contributed by atoms with van der Waals surface area (Å²) >= 11 is 0. The SMILES string of the molecule is CC(=O)Nc1ccc(C[NH+]2CCN(c3ccc(C(C)=O)cc3)CC2)cc1. The van der Waals surface area contributed by atoms with Crippen molar-refractivity contribution in [3.05, 3.63) is 59.7 Å². The van der Waals surface area contributed by atoms with Crippen molar-refractivity contribution in [1.29, 1.82) is 0 Å². The molecule has 2 aromatic carbocycles. The molecule has 1 saturated heterocycles. The van der Waals surface area contributed by atoms with Gasteiger partial charge >= 0.3 is 0 Å². The Kier molecular flexibility index (Phi) is 5.68. The third-order valence-corrected chi connectivity index (χ3v) is 4.84. The van der Waals surface area contributed by atoms with Crippen molar-refractivity contribution in [2.75, 3.05) is 36.4 Å². The van der Waals surface area contributed by atoms with E-state index in [1.54, 1.807) is 11.8 Å². The number of Topliss-reactive ketones (excluding diaryl/α,β-unsaturated/α-hetero) is 1. The predicted molar refractivity (Wildman–Crippen MR) is 104 cm³/mol. The number of nitrogens with one attached hydrogen (secondary N) is 2. The predicted octanol–water partition coefficient (Wildman–Crippen LogP) is 1.75. The lowest BCUT2D eigenvalue weighted by Gasteiger charge is -2.33. The Labute approximate surface area is 154 Å². The molecule has 1 heterocycles. The molecule has 5 heteroatoms. The van der Waals surface area contributed by atoms with Crippen LogP contribution in [0.3, 0.4) is 0 Å². The Bertz CT molecular complexity index is 761. The highest BCUT2D eigenvalue weighted by atomic mass is 16.1. The number of piperazine rings is 1. The summed E-state index contributed by atoms with van der Waals surface area (Å²) in [6, 6.07) is 16.0. The number of benzene rings is 2. The van der Waals surface area contributed by atoms with Crippen LogP contribution in [-0.4, -0.2) is 37.9 Å². The van der Waals surface area contributed by atoms with Gasteiger partial charge in [0.05, 0.1) is 26.2 Å². The summed E-state index contributed by atoms with van der Waals surface area (Å²) in [5.41, 5.74) is 4.08. The first-order valence-electron chi connectivity index (χ1n) is 9.07. The molecule has 0 aliphatic carbocycles. The number of quaternary nitrogens is 1. The molecule has 5 nitrogen and oxygen atoms in total. The van der Waals surface area contributed by atoms with E-state index in [9.17, 15) is 9.59 Å². The van der Waals surface area contributed by atoms with Gasteiger partial charge in [-0.25, -0.2) is 0 Å². The summed E-state index contributed by atoms with van der Waals surface area (Å²) in [6.45, 7) is 8.31. The molecule has 2 aromatic rings. The van der Waals surface area contributed by atoms with E-state index in [0.717, 1.165) is 44.0 Å². The monoisotopic (exact) mass is 352 g/mol.